The Morgan fingerprint density at radius 2 is 1.91 bits per heavy atom. The van der Waals surface area contributed by atoms with E-state index in [1.807, 2.05) is 62.5 Å². The van der Waals surface area contributed by atoms with Gasteiger partial charge in [0.2, 0.25) is 0 Å². The van der Waals surface area contributed by atoms with E-state index in [2.05, 4.69) is 4.98 Å². The zero-order valence-corrected chi connectivity index (χ0v) is 13.3. The molecule has 0 spiro atoms. The predicted octanol–water partition coefficient (Wildman–Crippen LogP) is 4.40. The maximum atomic E-state index is 12.7. The van der Waals surface area contributed by atoms with E-state index in [1.165, 1.54) is 0 Å². The molecule has 0 bridgehead atoms. The highest BCUT2D eigenvalue weighted by atomic mass is 35.5. The molecule has 3 nitrogen and oxygen atoms in total. The first-order valence-corrected chi connectivity index (χ1v) is 7.51. The lowest BCUT2D eigenvalue weighted by molar-refractivity contribution is 0.0779. The standard InChI is InChI=1S/C18H17ClN2O/c1-12-15-10-14(19)8-9-16(15)20-17(12)18(22)21(2)11-13-6-4-3-5-7-13/h3-10,20H,11H2,1-2H3. The number of rotatable bonds is 3. The van der Waals surface area contributed by atoms with Crippen molar-refractivity contribution in [3.63, 3.8) is 0 Å². The summed E-state index contributed by atoms with van der Waals surface area (Å²) in [5.41, 5.74) is 3.59. The highest BCUT2D eigenvalue weighted by Crippen LogP contribution is 2.25. The topological polar surface area (TPSA) is 36.1 Å². The number of aryl methyl sites for hydroxylation is 1. The number of amides is 1. The van der Waals surface area contributed by atoms with Gasteiger partial charge in [0.1, 0.15) is 5.69 Å². The number of hydrogen-bond donors (Lipinski definition) is 1. The Bertz CT molecular complexity index is 824. The molecule has 0 atom stereocenters. The number of fused-ring (bicyclic) bond motifs is 1. The Morgan fingerprint density at radius 1 is 1.18 bits per heavy atom. The van der Waals surface area contributed by atoms with Crippen LogP contribution in [-0.4, -0.2) is 22.8 Å². The minimum atomic E-state index is -0.0197. The molecule has 2 aromatic carbocycles. The van der Waals surface area contributed by atoms with Crippen LogP contribution >= 0.6 is 11.6 Å². The van der Waals surface area contributed by atoms with E-state index in [0.29, 0.717) is 17.3 Å². The van der Waals surface area contributed by atoms with E-state index >= 15 is 0 Å². The third-order valence-electron chi connectivity index (χ3n) is 3.84. The number of halogens is 1. The van der Waals surface area contributed by atoms with Crippen LogP contribution in [0.15, 0.2) is 48.5 Å². The molecule has 0 fully saturated rings. The number of aromatic amines is 1. The third-order valence-corrected chi connectivity index (χ3v) is 4.08. The lowest BCUT2D eigenvalue weighted by atomic mass is 10.1. The summed E-state index contributed by atoms with van der Waals surface area (Å²) in [6, 6.07) is 15.6. The molecular formula is C18H17ClN2O. The normalized spacial score (nSPS) is 10.9. The van der Waals surface area contributed by atoms with Gasteiger partial charge in [-0.1, -0.05) is 41.9 Å². The minimum absolute atomic E-state index is 0.0197. The monoisotopic (exact) mass is 312 g/mol. The van der Waals surface area contributed by atoms with Crippen LogP contribution in [0, 0.1) is 6.92 Å². The molecule has 0 aliphatic rings. The summed E-state index contributed by atoms with van der Waals surface area (Å²) in [6.07, 6.45) is 0. The SMILES string of the molecule is Cc1c(C(=O)N(C)Cc2ccccc2)[nH]c2ccc(Cl)cc12. The van der Waals surface area contributed by atoms with Gasteiger partial charge in [0.05, 0.1) is 0 Å². The van der Waals surface area contributed by atoms with Gasteiger partial charge in [-0.15, -0.1) is 0 Å². The smallest absolute Gasteiger partial charge is 0.270 e. The quantitative estimate of drug-likeness (QED) is 0.764. The molecule has 0 aliphatic heterocycles. The Kier molecular flexibility index (Phi) is 3.90. The van der Waals surface area contributed by atoms with Gasteiger partial charge in [0.15, 0.2) is 0 Å². The van der Waals surface area contributed by atoms with Crippen LogP contribution in [0.25, 0.3) is 10.9 Å². The van der Waals surface area contributed by atoms with Gasteiger partial charge in [-0.3, -0.25) is 4.79 Å². The average Bonchev–Trinajstić information content (AvgIpc) is 2.84. The van der Waals surface area contributed by atoms with E-state index in [9.17, 15) is 4.79 Å². The number of aromatic nitrogens is 1. The summed E-state index contributed by atoms with van der Waals surface area (Å²) in [6.45, 7) is 2.52. The second kappa shape index (κ2) is 5.85. The molecule has 0 radical (unpaired) electrons. The van der Waals surface area contributed by atoms with Gasteiger partial charge < -0.3 is 9.88 Å². The third kappa shape index (κ3) is 2.72. The van der Waals surface area contributed by atoms with Gasteiger partial charge in [-0.2, -0.15) is 0 Å². The molecule has 1 aromatic heterocycles. The summed E-state index contributed by atoms with van der Waals surface area (Å²) < 4.78 is 0. The van der Waals surface area contributed by atoms with E-state index in [1.54, 1.807) is 4.90 Å². The van der Waals surface area contributed by atoms with Crippen LogP contribution in [-0.2, 0) is 6.54 Å². The lowest BCUT2D eigenvalue weighted by Crippen LogP contribution is -2.27. The first-order chi connectivity index (χ1) is 10.6. The van der Waals surface area contributed by atoms with Crippen molar-refractivity contribution >= 4 is 28.4 Å². The second-order valence-electron chi connectivity index (χ2n) is 5.46. The molecule has 1 amide bonds. The first kappa shape index (κ1) is 14.7. The average molecular weight is 313 g/mol. The molecule has 1 N–H and O–H groups in total. The largest absolute Gasteiger partial charge is 0.350 e. The maximum absolute atomic E-state index is 12.7. The van der Waals surface area contributed by atoms with E-state index in [0.717, 1.165) is 22.0 Å². The van der Waals surface area contributed by atoms with Crippen LogP contribution in [0.3, 0.4) is 0 Å². The van der Waals surface area contributed by atoms with Crippen molar-refractivity contribution in [3.05, 3.63) is 70.4 Å². The van der Waals surface area contributed by atoms with Crippen molar-refractivity contribution in [3.8, 4) is 0 Å². The molecule has 0 unspecified atom stereocenters. The zero-order chi connectivity index (χ0) is 15.7. The molecule has 0 saturated carbocycles. The van der Waals surface area contributed by atoms with Crippen molar-refractivity contribution in [2.24, 2.45) is 0 Å². The Balaban J connectivity index is 1.90. The highest BCUT2D eigenvalue weighted by molar-refractivity contribution is 6.31. The van der Waals surface area contributed by atoms with Crippen molar-refractivity contribution in [1.29, 1.82) is 0 Å². The molecule has 4 heteroatoms. The van der Waals surface area contributed by atoms with Crippen LogP contribution < -0.4 is 0 Å². The molecule has 1 heterocycles. The number of hydrogen-bond acceptors (Lipinski definition) is 1. The van der Waals surface area contributed by atoms with Gasteiger partial charge >= 0.3 is 0 Å². The fraction of sp³-hybridized carbons (Fsp3) is 0.167. The molecular weight excluding hydrogens is 296 g/mol. The fourth-order valence-electron chi connectivity index (χ4n) is 2.63. The van der Waals surface area contributed by atoms with E-state index < -0.39 is 0 Å². The van der Waals surface area contributed by atoms with Gasteiger partial charge in [-0.25, -0.2) is 0 Å². The Morgan fingerprint density at radius 3 is 2.64 bits per heavy atom. The van der Waals surface area contributed by atoms with Crippen molar-refractivity contribution in [2.75, 3.05) is 7.05 Å². The summed E-state index contributed by atoms with van der Waals surface area (Å²) in [4.78, 5) is 17.6. The molecule has 112 valence electrons. The first-order valence-electron chi connectivity index (χ1n) is 7.13. The summed E-state index contributed by atoms with van der Waals surface area (Å²) >= 11 is 6.04. The van der Waals surface area contributed by atoms with Crippen LogP contribution in [0.1, 0.15) is 21.6 Å². The molecule has 3 rings (SSSR count). The predicted molar refractivity (Wildman–Crippen MR) is 90.3 cm³/mol. The van der Waals surface area contributed by atoms with Gasteiger partial charge in [0.25, 0.3) is 5.91 Å². The Labute approximate surface area is 134 Å². The van der Waals surface area contributed by atoms with Gasteiger partial charge in [-0.05, 0) is 36.2 Å². The van der Waals surface area contributed by atoms with Crippen LogP contribution in [0.4, 0.5) is 0 Å². The van der Waals surface area contributed by atoms with E-state index in [4.69, 9.17) is 11.6 Å². The number of carbonyl (C=O) groups is 1. The number of nitrogens with one attached hydrogen (secondary N) is 1. The Hall–Kier alpha value is -2.26. The van der Waals surface area contributed by atoms with Crippen LogP contribution in [0.2, 0.25) is 5.02 Å². The molecule has 3 aromatic rings. The number of carbonyl (C=O) groups excluding carboxylic acids is 1. The second-order valence-corrected chi connectivity index (χ2v) is 5.90. The summed E-state index contributed by atoms with van der Waals surface area (Å²) in [5, 5.41) is 1.66. The van der Waals surface area contributed by atoms with Crippen molar-refractivity contribution < 1.29 is 4.79 Å². The number of H-pyrrole nitrogens is 1. The lowest BCUT2D eigenvalue weighted by Gasteiger charge is -2.17. The number of nitrogens with zero attached hydrogens (tertiary/aromatic N) is 1. The molecule has 0 aliphatic carbocycles. The highest BCUT2D eigenvalue weighted by Gasteiger charge is 2.18. The summed E-state index contributed by atoms with van der Waals surface area (Å²) in [5.74, 6) is -0.0197. The molecule has 22 heavy (non-hydrogen) atoms. The fourth-order valence-corrected chi connectivity index (χ4v) is 2.80. The minimum Gasteiger partial charge on any atom is -0.350 e. The van der Waals surface area contributed by atoms with Crippen molar-refractivity contribution in [2.45, 2.75) is 13.5 Å². The maximum Gasteiger partial charge on any atom is 0.270 e. The van der Waals surface area contributed by atoms with Crippen molar-refractivity contribution in [1.82, 2.24) is 9.88 Å². The zero-order valence-electron chi connectivity index (χ0n) is 12.6. The molecule has 0 saturated heterocycles. The van der Waals surface area contributed by atoms with E-state index in [-0.39, 0.29) is 5.91 Å². The van der Waals surface area contributed by atoms with Crippen LogP contribution in [0.5, 0.6) is 0 Å². The van der Waals surface area contributed by atoms with Gasteiger partial charge in [0, 0.05) is 29.5 Å². The number of benzene rings is 2. The summed E-state index contributed by atoms with van der Waals surface area (Å²) in [7, 11) is 1.81.